The maximum atomic E-state index is 12.5. The van der Waals surface area contributed by atoms with E-state index < -0.39 is 0 Å². The number of allylic oxidation sites excluding steroid dienone is 3. The predicted molar refractivity (Wildman–Crippen MR) is 95.5 cm³/mol. The molecule has 0 saturated heterocycles. The molecule has 0 aliphatic heterocycles. The van der Waals surface area contributed by atoms with Gasteiger partial charge in [-0.2, -0.15) is 0 Å². The Bertz CT molecular complexity index is 792. The summed E-state index contributed by atoms with van der Waals surface area (Å²) in [6.07, 6.45) is 1.41. The number of ketones is 2. The first kappa shape index (κ1) is 14.7. The normalized spacial score (nSPS) is 14.9. The van der Waals surface area contributed by atoms with Crippen LogP contribution in [0.25, 0.3) is 5.57 Å². The first-order valence-corrected chi connectivity index (χ1v) is 7.82. The minimum absolute atomic E-state index is 0.134. The Morgan fingerprint density at radius 1 is 0.818 bits per heavy atom. The standard InChI is InChI=1S/C18H12INO2/c19-16-17(20-13-9-5-2-6-10-13)15(21)11-14(18(16)22)12-7-3-1-4-8-12/h1-11,20H. The van der Waals surface area contributed by atoms with Gasteiger partial charge in [-0.15, -0.1) is 0 Å². The maximum Gasteiger partial charge on any atom is 0.203 e. The summed E-state index contributed by atoms with van der Waals surface area (Å²) in [7, 11) is 0. The van der Waals surface area contributed by atoms with E-state index in [2.05, 4.69) is 5.32 Å². The minimum Gasteiger partial charge on any atom is -0.351 e. The van der Waals surface area contributed by atoms with Gasteiger partial charge in [0.15, 0.2) is 0 Å². The summed E-state index contributed by atoms with van der Waals surface area (Å²) in [5.74, 6) is -0.323. The molecule has 2 aromatic rings. The molecule has 0 unspecified atom stereocenters. The molecule has 2 aromatic carbocycles. The van der Waals surface area contributed by atoms with E-state index in [4.69, 9.17) is 0 Å². The summed E-state index contributed by atoms with van der Waals surface area (Å²) >= 11 is 1.93. The Morgan fingerprint density at radius 3 is 2.05 bits per heavy atom. The van der Waals surface area contributed by atoms with Crippen LogP contribution in [-0.4, -0.2) is 11.6 Å². The third-order valence-electron chi connectivity index (χ3n) is 3.31. The van der Waals surface area contributed by atoms with E-state index in [9.17, 15) is 9.59 Å². The van der Waals surface area contributed by atoms with Crippen molar-refractivity contribution >= 4 is 45.4 Å². The van der Waals surface area contributed by atoms with Gasteiger partial charge in [-0.25, -0.2) is 0 Å². The Kier molecular flexibility index (Phi) is 4.20. The molecular weight excluding hydrogens is 389 g/mol. The zero-order chi connectivity index (χ0) is 15.5. The predicted octanol–water partition coefficient (Wildman–Crippen LogP) is 3.98. The number of Topliss-reactive ketones (excluding diaryl/α,β-unsaturated/α-hetero) is 1. The fourth-order valence-corrected chi connectivity index (χ4v) is 2.91. The Hall–Kier alpha value is -2.21. The molecule has 0 bridgehead atoms. The third-order valence-corrected chi connectivity index (χ3v) is 4.34. The van der Waals surface area contributed by atoms with E-state index in [1.54, 1.807) is 0 Å². The summed E-state index contributed by atoms with van der Waals surface area (Å²) in [4.78, 5) is 24.9. The number of anilines is 1. The third kappa shape index (κ3) is 2.87. The van der Waals surface area contributed by atoms with Crippen molar-refractivity contribution in [2.45, 2.75) is 0 Å². The quantitative estimate of drug-likeness (QED) is 0.625. The van der Waals surface area contributed by atoms with E-state index in [0.717, 1.165) is 11.3 Å². The van der Waals surface area contributed by atoms with Gasteiger partial charge in [-0.1, -0.05) is 48.5 Å². The zero-order valence-corrected chi connectivity index (χ0v) is 13.7. The number of hydrogen-bond donors (Lipinski definition) is 1. The van der Waals surface area contributed by atoms with E-state index in [-0.39, 0.29) is 11.6 Å². The van der Waals surface area contributed by atoms with Crippen molar-refractivity contribution in [1.29, 1.82) is 0 Å². The molecule has 4 heteroatoms. The smallest absolute Gasteiger partial charge is 0.203 e. The molecule has 0 saturated carbocycles. The Morgan fingerprint density at radius 2 is 1.41 bits per heavy atom. The van der Waals surface area contributed by atoms with Crippen LogP contribution >= 0.6 is 22.6 Å². The molecule has 3 rings (SSSR count). The Balaban J connectivity index is 1.94. The lowest BCUT2D eigenvalue weighted by atomic mass is 9.94. The second kappa shape index (κ2) is 6.27. The van der Waals surface area contributed by atoms with Gasteiger partial charge in [0.25, 0.3) is 0 Å². The van der Waals surface area contributed by atoms with Crippen LogP contribution in [0.2, 0.25) is 0 Å². The molecule has 0 radical (unpaired) electrons. The lowest BCUT2D eigenvalue weighted by molar-refractivity contribution is -0.114. The number of para-hydroxylation sites is 1. The largest absolute Gasteiger partial charge is 0.351 e. The number of carbonyl (C=O) groups excluding carboxylic acids is 2. The molecule has 108 valence electrons. The van der Waals surface area contributed by atoms with Gasteiger partial charge >= 0.3 is 0 Å². The molecule has 0 amide bonds. The summed E-state index contributed by atoms with van der Waals surface area (Å²) in [5, 5.41) is 3.04. The van der Waals surface area contributed by atoms with Crippen molar-refractivity contribution in [2.24, 2.45) is 0 Å². The first-order valence-electron chi connectivity index (χ1n) is 6.75. The summed E-state index contributed by atoms with van der Waals surface area (Å²) in [5.41, 5.74) is 2.31. The van der Waals surface area contributed by atoms with Crippen LogP contribution in [0.5, 0.6) is 0 Å². The molecule has 0 fully saturated rings. The minimum atomic E-state index is -0.188. The van der Waals surface area contributed by atoms with Gasteiger partial charge in [-0.05, 0) is 46.4 Å². The number of rotatable bonds is 3. The van der Waals surface area contributed by atoms with Crippen LogP contribution in [0.3, 0.4) is 0 Å². The van der Waals surface area contributed by atoms with Crippen LogP contribution in [0.1, 0.15) is 5.56 Å². The van der Waals surface area contributed by atoms with Crippen LogP contribution in [0, 0.1) is 0 Å². The second-order valence-electron chi connectivity index (χ2n) is 4.80. The molecule has 0 heterocycles. The van der Waals surface area contributed by atoms with E-state index >= 15 is 0 Å². The fraction of sp³-hybridized carbons (Fsp3) is 0. The fourth-order valence-electron chi connectivity index (χ4n) is 2.22. The summed E-state index contributed by atoms with van der Waals surface area (Å²) in [6.45, 7) is 0. The average molecular weight is 401 g/mol. The summed E-state index contributed by atoms with van der Waals surface area (Å²) in [6, 6.07) is 18.6. The van der Waals surface area contributed by atoms with Crippen LogP contribution in [-0.2, 0) is 9.59 Å². The molecule has 3 nitrogen and oxygen atoms in total. The van der Waals surface area contributed by atoms with Gasteiger partial charge in [-0.3, -0.25) is 9.59 Å². The van der Waals surface area contributed by atoms with Crippen molar-refractivity contribution in [3.63, 3.8) is 0 Å². The molecule has 1 N–H and O–H groups in total. The van der Waals surface area contributed by atoms with Crippen molar-refractivity contribution in [1.82, 2.24) is 0 Å². The molecule has 1 aliphatic rings. The van der Waals surface area contributed by atoms with Gasteiger partial charge in [0.2, 0.25) is 11.6 Å². The van der Waals surface area contributed by atoms with Crippen LogP contribution in [0.15, 0.2) is 76.0 Å². The highest BCUT2D eigenvalue weighted by Crippen LogP contribution is 2.30. The van der Waals surface area contributed by atoms with Gasteiger partial charge in [0.1, 0.15) is 5.70 Å². The molecule has 0 aromatic heterocycles. The second-order valence-corrected chi connectivity index (χ2v) is 5.88. The number of nitrogens with one attached hydrogen (secondary N) is 1. The number of halogens is 1. The molecule has 0 spiro atoms. The maximum absolute atomic E-state index is 12.5. The van der Waals surface area contributed by atoms with Gasteiger partial charge in [0.05, 0.1) is 3.58 Å². The SMILES string of the molecule is O=C1C=C(c2ccccc2)C(=O)C(I)=C1Nc1ccccc1. The average Bonchev–Trinajstić information content (AvgIpc) is 2.57. The highest BCUT2D eigenvalue weighted by molar-refractivity contribution is 14.1. The lowest BCUT2D eigenvalue weighted by Gasteiger charge is -2.17. The van der Waals surface area contributed by atoms with E-state index in [1.165, 1.54) is 6.08 Å². The summed E-state index contributed by atoms with van der Waals surface area (Å²) < 4.78 is 0.410. The van der Waals surface area contributed by atoms with E-state index in [0.29, 0.717) is 14.8 Å². The van der Waals surface area contributed by atoms with Crippen molar-refractivity contribution < 1.29 is 9.59 Å². The van der Waals surface area contributed by atoms with Gasteiger partial charge in [0, 0.05) is 11.3 Å². The highest BCUT2D eigenvalue weighted by Gasteiger charge is 2.27. The topological polar surface area (TPSA) is 46.2 Å². The van der Waals surface area contributed by atoms with Crippen LogP contribution < -0.4 is 5.32 Å². The molecular formula is C18H12INO2. The van der Waals surface area contributed by atoms with Crippen molar-refractivity contribution in [2.75, 3.05) is 5.32 Å². The first-order chi connectivity index (χ1) is 10.7. The lowest BCUT2D eigenvalue weighted by Crippen LogP contribution is -2.20. The van der Waals surface area contributed by atoms with E-state index in [1.807, 2.05) is 83.3 Å². The number of hydrogen-bond acceptors (Lipinski definition) is 3. The molecule has 22 heavy (non-hydrogen) atoms. The van der Waals surface area contributed by atoms with Crippen molar-refractivity contribution in [3.05, 3.63) is 81.6 Å². The molecule has 0 atom stereocenters. The van der Waals surface area contributed by atoms with Crippen LogP contribution in [0.4, 0.5) is 5.69 Å². The zero-order valence-electron chi connectivity index (χ0n) is 11.5. The number of carbonyl (C=O) groups is 2. The monoisotopic (exact) mass is 401 g/mol. The molecule has 1 aliphatic carbocycles. The Labute approximate surface area is 141 Å². The number of benzene rings is 2. The van der Waals surface area contributed by atoms with Gasteiger partial charge < -0.3 is 5.32 Å². The van der Waals surface area contributed by atoms with Crippen molar-refractivity contribution in [3.8, 4) is 0 Å². The highest BCUT2D eigenvalue weighted by atomic mass is 127.